The van der Waals surface area contributed by atoms with Crippen molar-refractivity contribution < 1.29 is 4.79 Å². The van der Waals surface area contributed by atoms with E-state index in [0.717, 1.165) is 22.0 Å². The first kappa shape index (κ1) is 13.7. The number of fused-ring (bicyclic) bond motifs is 1. The molecule has 0 aliphatic carbocycles. The Morgan fingerprint density at radius 3 is 2.52 bits per heavy atom. The topological polar surface area (TPSA) is 29.1 Å². The molecule has 3 heteroatoms. The highest BCUT2D eigenvalue weighted by molar-refractivity contribution is 6.17. The standard InChI is InChI=1S/C18H14ClNO/c19-12-13-4-3-7-17(10-13)20-18(21)16-9-8-14-5-1-2-6-15(14)11-16/h1-11H,12H2,(H,20,21). The second-order valence-corrected chi connectivity index (χ2v) is 5.12. The van der Waals surface area contributed by atoms with Crippen molar-refractivity contribution in [1.82, 2.24) is 0 Å². The summed E-state index contributed by atoms with van der Waals surface area (Å²) in [6.07, 6.45) is 0. The maximum Gasteiger partial charge on any atom is 0.255 e. The molecule has 2 nitrogen and oxygen atoms in total. The van der Waals surface area contributed by atoms with Crippen LogP contribution in [0.25, 0.3) is 10.8 Å². The number of anilines is 1. The molecule has 0 bridgehead atoms. The summed E-state index contributed by atoms with van der Waals surface area (Å²) in [5.41, 5.74) is 2.38. The van der Waals surface area contributed by atoms with Crippen molar-refractivity contribution in [1.29, 1.82) is 0 Å². The number of hydrogen-bond donors (Lipinski definition) is 1. The summed E-state index contributed by atoms with van der Waals surface area (Å²) in [5.74, 6) is 0.312. The Morgan fingerprint density at radius 2 is 1.71 bits per heavy atom. The van der Waals surface area contributed by atoms with Gasteiger partial charge in [-0.05, 0) is 40.6 Å². The van der Waals surface area contributed by atoms with Gasteiger partial charge in [0.15, 0.2) is 0 Å². The highest BCUT2D eigenvalue weighted by Gasteiger charge is 2.07. The van der Waals surface area contributed by atoms with E-state index in [9.17, 15) is 4.79 Å². The highest BCUT2D eigenvalue weighted by Crippen LogP contribution is 2.18. The van der Waals surface area contributed by atoms with Crippen molar-refractivity contribution in [3.63, 3.8) is 0 Å². The number of halogens is 1. The van der Waals surface area contributed by atoms with Crippen molar-refractivity contribution in [2.45, 2.75) is 5.88 Å². The van der Waals surface area contributed by atoms with E-state index in [1.807, 2.05) is 66.7 Å². The second kappa shape index (κ2) is 5.98. The average Bonchev–Trinajstić information content (AvgIpc) is 2.54. The predicted octanol–water partition coefficient (Wildman–Crippen LogP) is 4.83. The number of nitrogens with one attached hydrogen (secondary N) is 1. The van der Waals surface area contributed by atoms with Crippen molar-refractivity contribution >= 4 is 34.0 Å². The van der Waals surface area contributed by atoms with E-state index in [4.69, 9.17) is 11.6 Å². The first-order valence-electron chi connectivity index (χ1n) is 6.71. The Balaban J connectivity index is 1.86. The molecule has 0 atom stereocenters. The molecule has 0 unspecified atom stereocenters. The molecule has 0 aromatic heterocycles. The lowest BCUT2D eigenvalue weighted by Crippen LogP contribution is -2.11. The van der Waals surface area contributed by atoms with E-state index in [2.05, 4.69) is 5.32 Å². The lowest BCUT2D eigenvalue weighted by molar-refractivity contribution is 0.102. The normalized spacial score (nSPS) is 10.5. The van der Waals surface area contributed by atoms with Gasteiger partial charge >= 0.3 is 0 Å². The van der Waals surface area contributed by atoms with Gasteiger partial charge in [-0.15, -0.1) is 11.6 Å². The van der Waals surface area contributed by atoms with Gasteiger partial charge in [-0.2, -0.15) is 0 Å². The first-order valence-corrected chi connectivity index (χ1v) is 7.25. The summed E-state index contributed by atoms with van der Waals surface area (Å²) in [7, 11) is 0. The van der Waals surface area contributed by atoms with Crippen LogP contribution < -0.4 is 5.32 Å². The van der Waals surface area contributed by atoms with Gasteiger partial charge in [-0.3, -0.25) is 4.79 Å². The minimum absolute atomic E-state index is 0.118. The van der Waals surface area contributed by atoms with Crippen molar-refractivity contribution in [3.8, 4) is 0 Å². The molecule has 1 N–H and O–H groups in total. The zero-order chi connectivity index (χ0) is 14.7. The molecule has 0 aliphatic rings. The number of carbonyl (C=O) groups excluding carboxylic acids is 1. The van der Waals surface area contributed by atoms with Crippen LogP contribution in [0.4, 0.5) is 5.69 Å². The number of benzene rings is 3. The maximum atomic E-state index is 12.3. The van der Waals surface area contributed by atoms with Gasteiger partial charge in [0.2, 0.25) is 0 Å². The largest absolute Gasteiger partial charge is 0.322 e. The van der Waals surface area contributed by atoms with E-state index in [1.54, 1.807) is 0 Å². The molecule has 3 rings (SSSR count). The quantitative estimate of drug-likeness (QED) is 0.689. The van der Waals surface area contributed by atoms with E-state index in [1.165, 1.54) is 0 Å². The van der Waals surface area contributed by atoms with E-state index in [-0.39, 0.29) is 5.91 Å². The van der Waals surface area contributed by atoms with Crippen LogP contribution in [0, 0.1) is 0 Å². The fourth-order valence-corrected chi connectivity index (χ4v) is 2.43. The molecule has 1 amide bonds. The number of amides is 1. The lowest BCUT2D eigenvalue weighted by atomic mass is 10.1. The monoisotopic (exact) mass is 295 g/mol. The van der Waals surface area contributed by atoms with Crippen LogP contribution >= 0.6 is 11.6 Å². The third-order valence-electron chi connectivity index (χ3n) is 3.35. The molecule has 3 aromatic rings. The van der Waals surface area contributed by atoms with Crippen LogP contribution in [0.3, 0.4) is 0 Å². The van der Waals surface area contributed by atoms with Crippen LogP contribution in [0.1, 0.15) is 15.9 Å². The Morgan fingerprint density at radius 1 is 0.905 bits per heavy atom. The molecule has 0 radical (unpaired) electrons. The summed E-state index contributed by atoms with van der Waals surface area (Å²) in [5, 5.41) is 5.08. The highest BCUT2D eigenvalue weighted by atomic mass is 35.5. The lowest BCUT2D eigenvalue weighted by Gasteiger charge is -2.07. The van der Waals surface area contributed by atoms with Crippen molar-refractivity contribution in [2.75, 3.05) is 5.32 Å². The smallest absolute Gasteiger partial charge is 0.255 e. The van der Waals surface area contributed by atoms with Crippen LogP contribution in [-0.4, -0.2) is 5.91 Å². The summed E-state index contributed by atoms with van der Waals surface area (Å²) in [6, 6.07) is 21.2. The van der Waals surface area contributed by atoms with Crippen LogP contribution in [-0.2, 0) is 5.88 Å². The minimum atomic E-state index is -0.118. The van der Waals surface area contributed by atoms with Gasteiger partial charge < -0.3 is 5.32 Å². The van der Waals surface area contributed by atoms with Gasteiger partial charge in [-0.1, -0.05) is 42.5 Å². The molecular weight excluding hydrogens is 282 g/mol. The number of rotatable bonds is 3. The van der Waals surface area contributed by atoms with Gasteiger partial charge in [0.05, 0.1) is 0 Å². The van der Waals surface area contributed by atoms with Gasteiger partial charge in [-0.25, -0.2) is 0 Å². The fourth-order valence-electron chi connectivity index (χ4n) is 2.27. The van der Waals surface area contributed by atoms with Crippen LogP contribution in [0.2, 0.25) is 0 Å². The maximum absolute atomic E-state index is 12.3. The number of alkyl halides is 1. The molecular formula is C18H14ClNO. The Hall–Kier alpha value is -2.32. The van der Waals surface area contributed by atoms with Gasteiger partial charge in [0.25, 0.3) is 5.91 Å². The molecule has 0 saturated carbocycles. The Labute approximate surface area is 128 Å². The molecule has 0 fully saturated rings. The summed E-state index contributed by atoms with van der Waals surface area (Å²) < 4.78 is 0. The predicted molar refractivity (Wildman–Crippen MR) is 87.9 cm³/mol. The minimum Gasteiger partial charge on any atom is -0.322 e. The molecule has 0 saturated heterocycles. The third kappa shape index (κ3) is 3.06. The van der Waals surface area contributed by atoms with Gasteiger partial charge in [0, 0.05) is 17.1 Å². The average molecular weight is 296 g/mol. The molecule has 21 heavy (non-hydrogen) atoms. The molecule has 0 aliphatic heterocycles. The fraction of sp³-hybridized carbons (Fsp3) is 0.0556. The Kier molecular flexibility index (Phi) is 3.89. The first-order chi connectivity index (χ1) is 10.3. The molecule has 0 heterocycles. The number of hydrogen-bond acceptors (Lipinski definition) is 1. The van der Waals surface area contributed by atoms with E-state index in [0.29, 0.717) is 11.4 Å². The third-order valence-corrected chi connectivity index (χ3v) is 3.66. The summed E-state index contributed by atoms with van der Waals surface area (Å²) in [6.45, 7) is 0. The zero-order valence-corrected chi connectivity index (χ0v) is 12.1. The molecule has 104 valence electrons. The molecule has 0 spiro atoms. The molecule has 3 aromatic carbocycles. The summed E-state index contributed by atoms with van der Waals surface area (Å²) >= 11 is 5.81. The van der Waals surface area contributed by atoms with Crippen molar-refractivity contribution in [3.05, 3.63) is 77.9 Å². The SMILES string of the molecule is O=C(Nc1cccc(CCl)c1)c1ccc2ccccc2c1. The second-order valence-electron chi connectivity index (χ2n) is 4.85. The Bertz CT molecular complexity index is 798. The van der Waals surface area contributed by atoms with E-state index >= 15 is 0 Å². The summed E-state index contributed by atoms with van der Waals surface area (Å²) in [4.78, 5) is 12.3. The zero-order valence-electron chi connectivity index (χ0n) is 11.3. The number of carbonyl (C=O) groups is 1. The van der Waals surface area contributed by atoms with Crippen LogP contribution in [0.5, 0.6) is 0 Å². The van der Waals surface area contributed by atoms with Crippen molar-refractivity contribution in [2.24, 2.45) is 0 Å². The van der Waals surface area contributed by atoms with E-state index < -0.39 is 0 Å². The van der Waals surface area contributed by atoms with Gasteiger partial charge in [0.1, 0.15) is 0 Å². The van der Waals surface area contributed by atoms with Crippen LogP contribution in [0.15, 0.2) is 66.7 Å².